The number of hydrogen-bond acceptors (Lipinski definition) is 2. The van der Waals surface area contributed by atoms with Crippen molar-refractivity contribution in [1.82, 2.24) is 0 Å². The average Bonchev–Trinajstić information content (AvgIpc) is 2.61. The summed E-state index contributed by atoms with van der Waals surface area (Å²) in [5.74, 6) is -0.555. The molecule has 1 aliphatic rings. The first-order chi connectivity index (χ1) is 11.6. The van der Waals surface area contributed by atoms with Gasteiger partial charge in [-0.3, -0.25) is 9.59 Å². The second-order valence-electron chi connectivity index (χ2n) is 5.79. The molecule has 0 saturated carbocycles. The molecule has 0 fully saturated rings. The van der Waals surface area contributed by atoms with Gasteiger partial charge in [-0.05, 0) is 47.7 Å². The normalized spacial score (nSPS) is 13.7. The molecule has 0 radical (unpaired) electrons. The molecule has 1 aliphatic heterocycles. The number of carbonyl (C=O) groups excluding carboxylic acids is 2. The van der Waals surface area contributed by atoms with Crippen LogP contribution in [0.15, 0.2) is 59.1 Å². The number of carbonyl (C=O) groups is 2. The first-order valence-electron chi connectivity index (χ1n) is 7.80. The summed E-state index contributed by atoms with van der Waals surface area (Å²) in [4.78, 5) is 27.2. The van der Waals surface area contributed by atoms with Gasteiger partial charge in [-0.25, -0.2) is 4.90 Å². The number of anilines is 1. The van der Waals surface area contributed by atoms with Crippen molar-refractivity contribution in [3.8, 4) is 0 Å². The Morgan fingerprint density at radius 2 is 1.54 bits per heavy atom. The molecular formula is C20H14BrNO2. The summed E-state index contributed by atoms with van der Waals surface area (Å²) in [6.07, 6.45) is 0.915. The predicted molar refractivity (Wildman–Crippen MR) is 98.6 cm³/mol. The van der Waals surface area contributed by atoms with E-state index in [1.54, 1.807) is 12.1 Å². The topological polar surface area (TPSA) is 37.4 Å². The van der Waals surface area contributed by atoms with Gasteiger partial charge in [0.1, 0.15) is 0 Å². The van der Waals surface area contributed by atoms with E-state index >= 15 is 0 Å². The highest BCUT2D eigenvalue weighted by Crippen LogP contribution is 2.36. The van der Waals surface area contributed by atoms with Crippen LogP contribution >= 0.6 is 15.9 Å². The first-order valence-corrected chi connectivity index (χ1v) is 8.60. The highest BCUT2D eigenvalue weighted by Gasteiger charge is 2.34. The third-order valence-electron chi connectivity index (χ3n) is 4.46. The minimum Gasteiger partial charge on any atom is -0.268 e. The molecule has 4 rings (SSSR count). The summed E-state index contributed by atoms with van der Waals surface area (Å²) in [6, 6.07) is 16.7. The fourth-order valence-electron chi connectivity index (χ4n) is 3.18. The summed E-state index contributed by atoms with van der Waals surface area (Å²) in [5.41, 5.74) is 2.89. The van der Waals surface area contributed by atoms with Crippen LogP contribution in [0.1, 0.15) is 33.2 Å². The Balaban J connectivity index is 1.93. The Morgan fingerprint density at radius 3 is 2.21 bits per heavy atom. The molecule has 0 aliphatic carbocycles. The Bertz CT molecular complexity index is 970. The van der Waals surface area contributed by atoms with Crippen LogP contribution in [0.2, 0.25) is 0 Å². The third-order valence-corrected chi connectivity index (χ3v) is 5.15. The summed E-state index contributed by atoms with van der Waals surface area (Å²) in [6.45, 7) is 2.07. The maximum atomic E-state index is 13.0. The lowest BCUT2D eigenvalue weighted by Crippen LogP contribution is -2.40. The van der Waals surface area contributed by atoms with Crippen molar-refractivity contribution < 1.29 is 9.59 Å². The van der Waals surface area contributed by atoms with E-state index in [9.17, 15) is 9.59 Å². The molecule has 0 N–H and O–H groups in total. The van der Waals surface area contributed by atoms with Crippen molar-refractivity contribution in [2.45, 2.75) is 13.3 Å². The smallest absolute Gasteiger partial charge is 0.265 e. The van der Waals surface area contributed by atoms with Gasteiger partial charge in [-0.1, -0.05) is 47.1 Å². The fraction of sp³-hybridized carbons (Fsp3) is 0.100. The van der Waals surface area contributed by atoms with Crippen LogP contribution in [-0.2, 0) is 6.42 Å². The second-order valence-corrected chi connectivity index (χ2v) is 6.64. The zero-order valence-corrected chi connectivity index (χ0v) is 14.6. The molecule has 118 valence electrons. The van der Waals surface area contributed by atoms with Gasteiger partial charge in [-0.2, -0.15) is 0 Å². The molecule has 0 atom stereocenters. The Morgan fingerprint density at radius 1 is 0.875 bits per heavy atom. The van der Waals surface area contributed by atoms with Crippen LogP contribution in [0.5, 0.6) is 0 Å². The number of nitrogens with zero attached hydrogens (tertiary/aromatic N) is 1. The number of rotatable bonds is 2. The summed E-state index contributed by atoms with van der Waals surface area (Å²) in [7, 11) is 0. The van der Waals surface area contributed by atoms with Crippen LogP contribution in [0.25, 0.3) is 10.8 Å². The zero-order valence-electron chi connectivity index (χ0n) is 13.0. The number of benzene rings is 3. The highest BCUT2D eigenvalue weighted by atomic mass is 79.9. The molecule has 0 bridgehead atoms. The largest absolute Gasteiger partial charge is 0.268 e. The highest BCUT2D eigenvalue weighted by molar-refractivity contribution is 9.10. The van der Waals surface area contributed by atoms with Crippen molar-refractivity contribution in [2.24, 2.45) is 0 Å². The van der Waals surface area contributed by atoms with Crippen molar-refractivity contribution in [1.29, 1.82) is 0 Å². The van der Waals surface area contributed by atoms with Crippen molar-refractivity contribution in [3.05, 3.63) is 75.8 Å². The molecule has 3 aromatic carbocycles. The second kappa shape index (κ2) is 5.56. The van der Waals surface area contributed by atoms with E-state index in [1.165, 1.54) is 10.5 Å². The standard InChI is InChI=1S/C20H14BrNO2/c1-2-12-6-8-13(9-7-12)22-19(23)15-5-3-4-14-17(21)11-10-16(18(14)15)20(22)24/h3-11H,2H2,1H3. The molecule has 2 amide bonds. The SMILES string of the molecule is CCc1ccc(N2C(=O)c3cccc4c(Br)ccc(c34)C2=O)cc1. The third kappa shape index (κ3) is 2.10. The number of amides is 2. The van der Waals surface area contributed by atoms with Gasteiger partial charge in [0.2, 0.25) is 0 Å². The van der Waals surface area contributed by atoms with Gasteiger partial charge in [0.25, 0.3) is 11.8 Å². The van der Waals surface area contributed by atoms with Gasteiger partial charge in [0.15, 0.2) is 0 Å². The molecule has 0 unspecified atom stereocenters. The average molecular weight is 380 g/mol. The van der Waals surface area contributed by atoms with Crippen molar-refractivity contribution >= 4 is 44.2 Å². The number of aryl methyl sites for hydroxylation is 1. The molecule has 3 nitrogen and oxygen atoms in total. The van der Waals surface area contributed by atoms with Gasteiger partial charge < -0.3 is 0 Å². The number of hydrogen-bond donors (Lipinski definition) is 0. The number of halogens is 1. The van der Waals surface area contributed by atoms with Crippen LogP contribution in [0.3, 0.4) is 0 Å². The van der Waals surface area contributed by atoms with Gasteiger partial charge in [-0.15, -0.1) is 0 Å². The molecule has 0 spiro atoms. The molecule has 1 heterocycles. The number of imide groups is 1. The Hall–Kier alpha value is -2.46. The van der Waals surface area contributed by atoms with E-state index < -0.39 is 0 Å². The van der Waals surface area contributed by atoms with Crippen LogP contribution < -0.4 is 4.90 Å². The van der Waals surface area contributed by atoms with Crippen LogP contribution in [0.4, 0.5) is 5.69 Å². The summed E-state index contributed by atoms with van der Waals surface area (Å²) < 4.78 is 0.879. The lowest BCUT2D eigenvalue weighted by molar-refractivity contribution is 0.0893. The van der Waals surface area contributed by atoms with E-state index in [4.69, 9.17) is 0 Å². The Kier molecular flexibility index (Phi) is 3.50. The van der Waals surface area contributed by atoms with E-state index in [0.29, 0.717) is 16.8 Å². The molecule has 3 aromatic rings. The van der Waals surface area contributed by atoms with Gasteiger partial charge >= 0.3 is 0 Å². The monoisotopic (exact) mass is 379 g/mol. The molecule has 0 saturated heterocycles. The predicted octanol–water partition coefficient (Wildman–Crippen LogP) is 4.97. The minimum atomic E-state index is -0.277. The van der Waals surface area contributed by atoms with Gasteiger partial charge in [0.05, 0.1) is 5.69 Å². The van der Waals surface area contributed by atoms with E-state index in [2.05, 4.69) is 22.9 Å². The molecule has 4 heteroatoms. The maximum absolute atomic E-state index is 13.0. The maximum Gasteiger partial charge on any atom is 0.265 e. The van der Waals surface area contributed by atoms with Crippen LogP contribution in [-0.4, -0.2) is 11.8 Å². The van der Waals surface area contributed by atoms with E-state index in [-0.39, 0.29) is 11.8 Å². The summed E-state index contributed by atoms with van der Waals surface area (Å²) >= 11 is 3.50. The molecular weight excluding hydrogens is 366 g/mol. The molecule has 24 heavy (non-hydrogen) atoms. The van der Waals surface area contributed by atoms with Crippen molar-refractivity contribution in [3.63, 3.8) is 0 Å². The zero-order chi connectivity index (χ0) is 16.8. The molecule has 0 aromatic heterocycles. The quantitative estimate of drug-likeness (QED) is 0.589. The van der Waals surface area contributed by atoms with E-state index in [0.717, 1.165) is 21.7 Å². The van der Waals surface area contributed by atoms with E-state index in [1.807, 2.05) is 42.5 Å². The summed E-state index contributed by atoms with van der Waals surface area (Å²) in [5, 5.41) is 1.61. The van der Waals surface area contributed by atoms with Crippen LogP contribution in [0, 0.1) is 0 Å². The fourth-order valence-corrected chi connectivity index (χ4v) is 3.64. The Labute approximate surface area is 148 Å². The first kappa shape index (κ1) is 15.1. The van der Waals surface area contributed by atoms with Crippen molar-refractivity contribution in [2.75, 3.05) is 4.90 Å². The lowest BCUT2D eigenvalue weighted by Gasteiger charge is -2.27. The van der Waals surface area contributed by atoms with Gasteiger partial charge in [0, 0.05) is 21.0 Å². The minimum absolute atomic E-state index is 0.277. The lowest BCUT2D eigenvalue weighted by atomic mass is 9.93.